The lowest BCUT2D eigenvalue weighted by atomic mass is 10.1. The van der Waals surface area contributed by atoms with Crippen LogP contribution in [-0.2, 0) is 0 Å². The maximum atomic E-state index is 5.72. The molecule has 0 amide bonds. The van der Waals surface area contributed by atoms with Gasteiger partial charge in [0.15, 0.2) is 0 Å². The minimum Gasteiger partial charge on any atom is -0.423 e. The fourth-order valence-corrected chi connectivity index (χ4v) is 1.61. The Kier molecular flexibility index (Phi) is 2.88. The highest BCUT2D eigenvalue weighted by Gasteiger charge is 2.21. The third-order valence-electron chi connectivity index (χ3n) is 2.33. The highest BCUT2D eigenvalue weighted by molar-refractivity contribution is 7.80. The monoisotopic (exact) mass is 211 g/mol. The molecular formula is C9H13N3OS. The first-order valence-corrected chi connectivity index (χ1v) is 5.29. The Morgan fingerprint density at radius 1 is 1.50 bits per heavy atom. The van der Waals surface area contributed by atoms with Gasteiger partial charge in [-0.25, -0.2) is 0 Å². The number of rotatable bonds is 3. The zero-order chi connectivity index (χ0) is 9.97. The van der Waals surface area contributed by atoms with Crippen LogP contribution < -0.4 is 5.73 Å². The van der Waals surface area contributed by atoms with E-state index in [-0.39, 0.29) is 6.04 Å². The van der Waals surface area contributed by atoms with E-state index in [2.05, 4.69) is 35.0 Å². The quantitative estimate of drug-likeness (QED) is 0.586. The molecule has 1 atom stereocenters. The van der Waals surface area contributed by atoms with E-state index in [1.54, 1.807) is 0 Å². The Labute approximate surface area is 88.0 Å². The van der Waals surface area contributed by atoms with E-state index in [1.165, 1.54) is 0 Å². The van der Waals surface area contributed by atoms with Crippen LogP contribution in [0.2, 0.25) is 0 Å². The number of aromatic nitrogens is 2. The van der Waals surface area contributed by atoms with Crippen molar-refractivity contribution in [3.8, 4) is 0 Å². The van der Waals surface area contributed by atoms with Crippen molar-refractivity contribution >= 4 is 12.6 Å². The highest BCUT2D eigenvalue weighted by Crippen LogP contribution is 2.28. The highest BCUT2D eigenvalue weighted by atomic mass is 32.1. The van der Waals surface area contributed by atoms with Crippen LogP contribution >= 0.6 is 12.6 Å². The van der Waals surface area contributed by atoms with Crippen molar-refractivity contribution in [1.29, 1.82) is 0 Å². The molecule has 0 saturated heterocycles. The zero-order valence-electron chi connectivity index (χ0n) is 7.76. The maximum Gasteiger partial charge on any atom is 0.234 e. The molecule has 1 aliphatic carbocycles. The molecule has 14 heavy (non-hydrogen) atoms. The van der Waals surface area contributed by atoms with E-state index in [0.29, 0.717) is 23.5 Å². The third-order valence-corrected chi connectivity index (χ3v) is 2.72. The number of nitrogens with zero attached hydrogens (tertiary/aromatic N) is 2. The second-order valence-electron chi connectivity index (χ2n) is 3.41. The number of nitrogens with two attached hydrogens (primary N) is 1. The summed E-state index contributed by atoms with van der Waals surface area (Å²) in [5, 5.41) is 7.91. The Morgan fingerprint density at radius 3 is 2.86 bits per heavy atom. The molecule has 1 heterocycles. The van der Waals surface area contributed by atoms with Crippen molar-refractivity contribution < 1.29 is 4.42 Å². The molecule has 1 aliphatic rings. The number of hydrogen-bond donors (Lipinski definition) is 2. The van der Waals surface area contributed by atoms with E-state index in [1.807, 2.05) is 0 Å². The normalized spacial score (nSPS) is 19.0. The molecule has 0 spiro atoms. The summed E-state index contributed by atoms with van der Waals surface area (Å²) < 4.78 is 5.48. The predicted molar refractivity (Wildman–Crippen MR) is 56.2 cm³/mol. The van der Waals surface area contributed by atoms with Crippen LogP contribution in [0.4, 0.5) is 0 Å². The molecule has 2 rings (SSSR count). The summed E-state index contributed by atoms with van der Waals surface area (Å²) in [4.78, 5) is 0. The van der Waals surface area contributed by atoms with Gasteiger partial charge in [-0.3, -0.25) is 0 Å². The first kappa shape index (κ1) is 9.73. The van der Waals surface area contributed by atoms with Gasteiger partial charge in [-0.2, -0.15) is 12.6 Å². The molecule has 1 aromatic rings. The summed E-state index contributed by atoms with van der Waals surface area (Å²) >= 11 is 4.08. The molecule has 0 saturated carbocycles. The Hall–Kier alpha value is -0.810. The van der Waals surface area contributed by atoms with Gasteiger partial charge in [0.25, 0.3) is 0 Å². The maximum absolute atomic E-state index is 5.72. The molecular weight excluding hydrogens is 198 g/mol. The lowest BCUT2D eigenvalue weighted by Gasteiger charge is -2.02. The van der Waals surface area contributed by atoms with Crippen LogP contribution in [0.5, 0.6) is 0 Å². The van der Waals surface area contributed by atoms with E-state index in [4.69, 9.17) is 10.2 Å². The lowest BCUT2D eigenvalue weighted by molar-refractivity contribution is 0.404. The summed E-state index contributed by atoms with van der Waals surface area (Å²) in [6, 6.07) is -0.256. The minimum atomic E-state index is -0.256. The average Bonchev–Trinajstić information content (AvgIpc) is 2.86. The molecule has 0 radical (unpaired) electrons. The van der Waals surface area contributed by atoms with E-state index < -0.39 is 0 Å². The molecule has 0 bridgehead atoms. The number of hydrogen-bond acceptors (Lipinski definition) is 5. The van der Waals surface area contributed by atoms with Crippen LogP contribution in [0.15, 0.2) is 16.6 Å². The van der Waals surface area contributed by atoms with Gasteiger partial charge in [0.2, 0.25) is 11.8 Å². The molecule has 4 nitrogen and oxygen atoms in total. The van der Waals surface area contributed by atoms with Gasteiger partial charge in [-0.05, 0) is 12.8 Å². The summed E-state index contributed by atoms with van der Waals surface area (Å²) in [7, 11) is 0. The smallest absolute Gasteiger partial charge is 0.234 e. The summed E-state index contributed by atoms with van der Waals surface area (Å²) in [6.07, 6.45) is 6.23. The van der Waals surface area contributed by atoms with Crippen molar-refractivity contribution in [2.75, 3.05) is 5.75 Å². The SMILES string of the molecule is N[C@@H](CS)c1nnc(C2CC=CC2)o1. The average molecular weight is 211 g/mol. The Morgan fingerprint density at radius 2 is 2.21 bits per heavy atom. The molecule has 5 heteroatoms. The predicted octanol–water partition coefficient (Wildman–Crippen LogP) is 1.43. The van der Waals surface area contributed by atoms with Gasteiger partial charge in [-0.1, -0.05) is 12.2 Å². The Bertz CT molecular complexity index is 329. The topological polar surface area (TPSA) is 64.9 Å². The third kappa shape index (κ3) is 1.83. The second kappa shape index (κ2) is 4.14. The molecule has 1 aromatic heterocycles. The molecule has 2 N–H and O–H groups in total. The standard InChI is InChI=1S/C9H13N3OS/c10-7(5-14)9-12-11-8(13-9)6-3-1-2-4-6/h1-2,6-7,14H,3-5,10H2/t7-/m0/s1. The first-order chi connectivity index (χ1) is 6.81. The lowest BCUT2D eigenvalue weighted by Crippen LogP contribution is -2.11. The van der Waals surface area contributed by atoms with Crippen LogP contribution in [0.1, 0.15) is 36.6 Å². The van der Waals surface area contributed by atoms with Crippen molar-refractivity contribution in [3.05, 3.63) is 23.9 Å². The van der Waals surface area contributed by atoms with Gasteiger partial charge in [-0.15, -0.1) is 10.2 Å². The van der Waals surface area contributed by atoms with Gasteiger partial charge >= 0.3 is 0 Å². The molecule has 0 aromatic carbocycles. The summed E-state index contributed by atoms with van der Waals surface area (Å²) in [5.41, 5.74) is 5.72. The Balaban J connectivity index is 2.09. The first-order valence-electron chi connectivity index (χ1n) is 4.66. The van der Waals surface area contributed by atoms with Crippen LogP contribution in [-0.4, -0.2) is 16.0 Å². The van der Waals surface area contributed by atoms with E-state index in [9.17, 15) is 0 Å². The number of thiol groups is 1. The van der Waals surface area contributed by atoms with Crippen molar-refractivity contribution in [1.82, 2.24) is 10.2 Å². The van der Waals surface area contributed by atoms with Crippen molar-refractivity contribution in [3.63, 3.8) is 0 Å². The molecule has 0 unspecified atom stereocenters. The molecule has 76 valence electrons. The van der Waals surface area contributed by atoms with E-state index >= 15 is 0 Å². The van der Waals surface area contributed by atoms with Crippen LogP contribution in [0, 0.1) is 0 Å². The van der Waals surface area contributed by atoms with Gasteiger partial charge in [0.1, 0.15) is 0 Å². The molecule has 0 aliphatic heterocycles. The van der Waals surface area contributed by atoms with Crippen molar-refractivity contribution in [2.45, 2.75) is 24.8 Å². The zero-order valence-corrected chi connectivity index (χ0v) is 8.65. The largest absolute Gasteiger partial charge is 0.423 e. The van der Waals surface area contributed by atoms with E-state index in [0.717, 1.165) is 12.8 Å². The van der Waals surface area contributed by atoms with Gasteiger partial charge in [0, 0.05) is 11.7 Å². The summed E-state index contributed by atoms with van der Waals surface area (Å²) in [6.45, 7) is 0. The van der Waals surface area contributed by atoms with Crippen LogP contribution in [0.3, 0.4) is 0 Å². The summed E-state index contributed by atoms with van der Waals surface area (Å²) in [5.74, 6) is 2.05. The number of allylic oxidation sites excluding steroid dienone is 2. The van der Waals surface area contributed by atoms with Crippen molar-refractivity contribution in [2.24, 2.45) is 5.73 Å². The second-order valence-corrected chi connectivity index (χ2v) is 3.77. The minimum absolute atomic E-state index is 0.256. The fraction of sp³-hybridized carbons (Fsp3) is 0.556. The van der Waals surface area contributed by atoms with Gasteiger partial charge in [0.05, 0.1) is 6.04 Å². The molecule has 0 fully saturated rings. The van der Waals surface area contributed by atoms with Crippen LogP contribution in [0.25, 0.3) is 0 Å². The van der Waals surface area contributed by atoms with Gasteiger partial charge < -0.3 is 10.2 Å². The fourth-order valence-electron chi connectivity index (χ4n) is 1.46.